The van der Waals surface area contributed by atoms with Crippen molar-refractivity contribution in [2.45, 2.75) is 69.0 Å². The fraction of sp³-hybridized carbons (Fsp3) is 0.647. The maximum Gasteiger partial charge on any atom is 0.141 e. The van der Waals surface area contributed by atoms with E-state index in [0.717, 1.165) is 0 Å². The molecule has 2 rings (SSSR count). The second kappa shape index (κ2) is 7.36. The predicted octanol–water partition coefficient (Wildman–Crippen LogP) is 4.22. The maximum absolute atomic E-state index is 13.5. The Labute approximate surface area is 149 Å². The molecule has 0 heterocycles. The molecule has 136 valence electrons. The molecule has 1 fully saturated rings. The van der Waals surface area contributed by atoms with E-state index in [1.54, 1.807) is 0 Å². The van der Waals surface area contributed by atoms with Gasteiger partial charge in [0.2, 0.25) is 0 Å². The number of rotatable bonds is 4. The van der Waals surface area contributed by atoms with Crippen molar-refractivity contribution in [2.24, 2.45) is 0 Å². The smallest absolute Gasteiger partial charge is 0.141 e. The van der Waals surface area contributed by atoms with E-state index < -0.39 is 39.4 Å². The Balaban J connectivity index is 2.37. The summed E-state index contributed by atoms with van der Waals surface area (Å²) in [7, 11) is -1.46. The molecule has 1 aromatic rings. The van der Waals surface area contributed by atoms with Crippen LogP contribution in [0.15, 0.2) is 18.2 Å². The van der Waals surface area contributed by atoms with Gasteiger partial charge in [0.1, 0.15) is 12.0 Å². The molecule has 0 aromatic heterocycles. The van der Waals surface area contributed by atoms with Crippen LogP contribution in [0.1, 0.15) is 58.1 Å². The lowest BCUT2D eigenvalue weighted by molar-refractivity contribution is -0.0405. The van der Waals surface area contributed by atoms with Crippen LogP contribution in [0.25, 0.3) is 0 Å². The van der Waals surface area contributed by atoms with Gasteiger partial charge >= 0.3 is 0 Å². The van der Waals surface area contributed by atoms with Crippen LogP contribution < -0.4 is 4.72 Å². The summed E-state index contributed by atoms with van der Waals surface area (Å²) in [6.07, 6.45) is 0.0258. The molecule has 0 amide bonds. The minimum Gasteiger partial charge on any atom is -0.388 e. The molecule has 0 bridgehead atoms. The Hall–Kier alpha value is -0.560. The van der Waals surface area contributed by atoms with E-state index in [1.165, 1.54) is 18.2 Å². The molecule has 1 unspecified atom stereocenters. The van der Waals surface area contributed by atoms with Gasteiger partial charge in [-0.15, -0.1) is 0 Å². The van der Waals surface area contributed by atoms with Crippen LogP contribution in [0, 0.1) is 5.82 Å². The van der Waals surface area contributed by atoms with E-state index in [2.05, 4.69) is 4.72 Å². The first kappa shape index (κ1) is 19.8. The fourth-order valence-electron chi connectivity index (χ4n) is 2.83. The van der Waals surface area contributed by atoms with Gasteiger partial charge in [-0.25, -0.2) is 17.7 Å². The van der Waals surface area contributed by atoms with Crippen LogP contribution in [0.3, 0.4) is 0 Å². The number of benzene rings is 1. The standard InChI is InChI=1S/C17H24ClF2NO2S/c1-16(2,3)24(23)21-15(11-4-5-14(20)13(18)10-11)17(22)8-6-12(19)7-9-17/h4-5,10,12,15,21-22H,6-9H2,1-3H3/t12?,15-,17?,24?/m0/s1. The van der Waals surface area contributed by atoms with Crippen molar-refractivity contribution in [1.29, 1.82) is 0 Å². The van der Waals surface area contributed by atoms with Crippen molar-refractivity contribution in [3.8, 4) is 0 Å². The van der Waals surface area contributed by atoms with E-state index >= 15 is 0 Å². The first-order valence-electron chi connectivity index (χ1n) is 8.02. The molecule has 0 radical (unpaired) electrons. The van der Waals surface area contributed by atoms with E-state index in [1.807, 2.05) is 20.8 Å². The normalized spacial score (nSPS) is 27.7. The molecule has 7 heteroatoms. The molecule has 0 spiro atoms. The van der Waals surface area contributed by atoms with Crippen LogP contribution in [-0.2, 0) is 11.0 Å². The number of hydrogen-bond donors (Lipinski definition) is 2. The fourth-order valence-corrected chi connectivity index (χ4v) is 3.95. The summed E-state index contributed by atoms with van der Waals surface area (Å²) in [6, 6.07) is 3.44. The van der Waals surface area contributed by atoms with Crippen molar-refractivity contribution in [3.05, 3.63) is 34.6 Å². The number of nitrogens with one attached hydrogen (secondary N) is 1. The van der Waals surface area contributed by atoms with Crippen LogP contribution in [0.2, 0.25) is 5.02 Å². The summed E-state index contributed by atoms with van der Waals surface area (Å²) in [5.74, 6) is -0.560. The SMILES string of the molecule is CC(C)(C)S(=O)N[C@@H](c1ccc(F)c(Cl)c1)C1(O)CCC(F)CC1. The van der Waals surface area contributed by atoms with Gasteiger partial charge in [-0.05, 0) is 64.2 Å². The van der Waals surface area contributed by atoms with Crippen molar-refractivity contribution < 1.29 is 18.1 Å². The summed E-state index contributed by atoms with van der Waals surface area (Å²) in [6.45, 7) is 5.44. The predicted molar refractivity (Wildman–Crippen MR) is 93.5 cm³/mol. The van der Waals surface area contributed by atoms with Crippen LogP contribution >= 0.6 is 11.6 Å². The number of aliphatic hydroxyl groups is 1. The Morgan fingerprint density at radius 2 is 1.96 bits per heavy atom. The van der Waals surface area contributed by atoms with Gasteiger partial charge in [0.15, 0.2) is 0 Å². The zero-order chi connectivity index (χ0) is 18.1. The maximum atomic E-state index is 13.5. The largest absolute Gasteiger partial charge is 0.388 e. The highest BCUT2D eigenvalue weighted by Gasteiger charge is 2.43. The lowest BCUT2D eigenvalue weighted by Gasteiger charge is -2.41. The molecule has 3 nitrogen and oxygen atoms in total. The lowest BCUT2D eigenvalue weighted by atomic mass is 9.77. The molecular weight excluding hydrogens is 356 g/mol. The van der Waals surface area contributed by atoms with Crippen molar-refractivity contribution in [3.63, 3.8) is 0 Å². The first-order chi connectivity index (χ1) is 11.0. The molecule has 0 aliphatic heterocycles. The summed E-state index contributed by atoms with van der Waals surface area (Å²) < 4.78 is 42.0. The van der Waals surface area contributed by atoms with Crippen molar-refractivity contribution >= 4 is 22.6 Å². The van der Waals surface area contributed by atoms with Crippen LogP contribution in [-0.4, -0.2) is 25.8 Å². The van der Waals surface area contributed by atoms with E-state index in [9.17, 15) is 18.1 Å². The average Bonchev–Trinajstić information content (AvgIpc) is 2.49. The second-order valence-electron chi connectivity index (χ2n) is 7.38. The van der Waals surface area contributed by atoms with Gasteiger partial charge in [0.25, 0.3) is 0 Å². The van der Waals surface area contributed by atoms with Crippen molar-refractivity contribution in [2.75, 3.05) is 0 Å². The Morgan fingerprint density at radius 3 is 2.46 bits per heavy atom. The average molecular weight is 380 g/mol. The Bertz CT molecular complexity index is 613. The lowest BCUT2D eigenvalue weighted by Crippen LogP contribution is -2.49. The summed E-state index contributed by atoms with van der Waals surface area (Å²) in [5, 5.41) is 11.0. The monoisotopic (exact) mass is 379 g/mol. The summed E-state index contributed by atoms with van der Waals surface area (Å²) in [5.41, 5.74) is -0.719. The quantitative estimate of drug-likeness (QED) is 0.823. The number of alkyl halides is 1. The highest BCUT2D eigenvalue weighted by atomic mass is 35.5. The minimum absolute atomic E-state index is 0.0661. The van der Waals surface area contributed by atoms with Gasteiger partial charge in [-0.2, -0.15) is 0 Å². The highest BCUT2D eigenvalue weighted by Crippen LogP contribution is 2.40. The zero-order valence-corrected chi connectivity index (χ0v) is 15.7. The van der Waals surface area contributed by atoms with Gasteiger partial charge in [-0.3, -0.25) is 0 Å². The summed E-state index contributed by atoms with van der Waals surface area (Å²) in [4.78, 5) is 0. The van der Waals surface area contributed by atoms with E-state index in [-0.39, 0.29) is 30.7 Å². The van der Waals surface area contributed by atoms with Crippen molar-refractivity contribution in [1.82, 2.24) is 4.72 Å². The molecule has 1 aromatic carbocycles. The highest BCUT2D eigenvalue weighted by molar-refractivity contribution is 7.84. The topological polar surface area (TPSA) is 49.3 Å². The zero-order valence-electron chi connectivity index (χ0n) is 14.1. The van der Waals surface area contributed by atoms with Crippen LogP contribution in [0.4, 0.5) is 8.78 Å². The van der Waals surface area contributed by atoms with E-state index in [0.29, 0.717) is 5.56 Å². The second-order valence-corrected chi connectivity index (χ2v) is 9.79. The third-order valence-electron chi connectivity index (χ3n) is 4.38. The molecule has 1 aliphatic rings. The molecule has 24 heavy (non-hydrogen) atoms. The molecule has 1 aliphatic carbocycles. The van der Waals surface area contributed by atoms with Crippen LogP contribution in [0.5, 0.6) is 0 Å². The van der Waals surface area contributed by atoms with Gasteiger partial charge in [0, 0.05) is 0 Å². The first-order valence-corrected chi connectivity index (χ1v) is 9.55. The number of hydrogen-bond acceptors (Lipinski definition) is 2. The molecule has 2 atom stereocenters. The molecule has 2 N–H and O–H groups in total. The van der Waals surface area contributed by atoms with Gasteiger partial charge in [-0.1, -0.05) is 17.7 Å². The third kappa shape index (κ3) is 4.54. The van der Waals surface area contributed by atoms with E-state index in [4.69, 9.17) is 11.6 Å². The Kier molecular flexibility index (Phi) is 6.06. The summed E-state index contributed by atoms with van der Waals surface area (Å²) >= 11 is 5.87. The number of halogens is 3. The third-order valence-corrected chi connectivity index (χ3v) is 6.23. The minimum atomic E-state index is -1.46. The molecular formula is C17H24ClF2NO2S. The van der Waals surface area contributed by atoms with Gasteiger partial charge < -0.3 is 5.11 Å². The Morgan fingerprint density at radius 1 is 1.38 bits per heavy atom. The molecule has 0 saturated heterocycles. The van der Waals surface area contributed by atoms with Gasteiger partial charge in [0.05, 0.1) is 32.4 Å². The molecule has 1 saturated carbocycles.